The number of amides is 1. The first-order valence-corrected chi connectivity index (χ1v) is 5.71. The molecule has 0 radical (unpaired) electrons. The van der Waals surface area contributed by atoms with E-state index in [1.807, 2.05) is 6.92 Å². The van der Waals surface area contributed by atoms with E-state index >= 15 is 0 Å². The van der Waals surface area contributed by atoms with E-state index in [9.17, 15) is 9.18 Å². The number of carbonyl (C=O) groups is 1. The van der Waals surface area contributed by atoms with E-state index in [4.69, 9.17) is 5.73 Å². The first-order chi connectivity index (χ1) is 7.41. The van der Waals surface area contributed by atoms with Crippen molar-refractivity contribution in [3.63, 3.8) is 0 Å². The number of nitrogens with two attached hydrogens (primary N) is 1. The zero-order chi connectivity index (χ0) is 12.3. The summed E-state index contributed by atoms with van der Waals surface area (Å²) >= 11 is 3.28. The molecule has 0 heterocycles. The van der Waals surface area contributed by atoms with Crippen molar-refractivity contribution in [2.45, 2.75) is 25.9 Å². The van der Waals surface area contributed by atoms with Gasteiger partial charge in [0.2, 0.25) is 5.91 Å². The standard InChI is InChI=1S/C11H14BrFN2O/c1-6(15-7(2)11(14)16)9-4-3-8(13)5-10(9)12/h3-7,15H,1-2H3,(H2,14,16). The molecule has 0 aliphatic heterocycles. The highest BCUT2D eigenvalue weighted by atomic mass is 79.9. The molecule has 2 atom stereocenters. The zero-order valence-electron chi connectivity index (χ0n) is 9.13. The van der Waals surface area contributed by atoms with Gasteiger partial charge < -0.3 is 5.73 Å². The molecule has 1 aromatic carbocycles. The molecule has 3 N–H and O–H groups in total. The van der Waals surface area contributed by atoms with Crippen LogP contribution >= 0.6 is 15.9 Å². The Morgan fingerprint density at radius 1 is 1.50 bits per heavy atom. The Morgan fingerprint density at radius 2 is 2.12 bits per heavy atom. The second-order valence-corrected chi connectivity index (χ2v) is 4.53. The molecule has 0 aliphatic rings. The molecule has 2 unspecified atom stereocenters. The van der Waals surface area contributed by atoms with E-state index in [-0.39, 0.29) is 11.9 Å². The van der Waals surface area contributed by atoms with Crippen LogP contribution < -0.4 is 11.1 Å². The van der Waals surface area contributed by atoms with Gasteiger partial charge in [0.25, 0.3) is 0 Å². The summed E-state index contributed by atoms with van der Waals surface area (Å²) in [6.45, 7) is 3.58. The lowest BCUT2D eigenvalue weighted by molar-refractivity contribution is -0.119. The van der Waals surface area contributed by atoms with E-state index < -0.39 is 11.9 Å². The molecule has 0 bridgehead atoms. The number of halogens is 2. The number of hydrogen-bond donors (Lipinski definition) is 2. The quantitative estimate of drug-likeness (QED) is 0.892. The summed E-state index contributed by atoms with van der Waals surface area (Å²) in [6, 6.07) is 3.94. The van der Waals surface area contributed by atoms with Crippen LogP contribution in [-0.2, 0) is 4.79 Å². The molecule has 0 saturated heterocycles. The third-order valence-corrected chi connectivity index (χ3v) is 3.04. The average molecular weight is 289 g/mol. The molecule has 16 heavy (non-hydrogen) atoms. The fraction of sp³-hybridized carbons (Fsp3) is 0.364. The molecule has 1 amide bonds. The van der Waals surface area contributed by atoms with E-state index in [0.29, 0.717) is 4.47 Å². The van der Waals surface area contributed by atoms with E-state index in [0.717, 1.165) is 5.56 Å². The molecule has 0 aliphatic carbocycles. The fourth-order valence-electron chi connectivity index (χ4n) is 1.40. The highest BCUT2D eigenvalue weighted by Gasteiger charge is 2.15. The Morgan fingerprint density at radius 3 is 2.62 bits per heavy atom. The molecule has 0 aromatic heterocycles. The minimum absolute atomic E-state index is 0.0857. The van der Waals surface area contributed by atoms with Crippen molar-refractivity contribution in [3.05, 3.63) is 34.1 Å². The van der Waals surface area contributed by atoms with Crippen LogP contribution in [0, 0.1) is 5.82 Å². The number of benzene rings is 1. The number of primary amides is 1. The summed E-state index contributed by atoms with van der Waals surface area (Å²) in [4.78, 5) is 10.9. The second kappa shape index (κ2) is 5.41. The number of rotatable bonds is 4. The molecule has 88 valence electrons. The number of nitrogens with one attached hydrogen (secondary N) is 1. The van der Waals surface area contributed by atoms with Crippen LogP contribution in [0.4, 0.5) is 4.39 Å². The molecule has 0 spiro atoms. The zero-order valence-corrected chi connectivity index (χ0v) is 10.7. The topological polar surface area (TPSA) is 55.1 Å². The first-order valence-electron chi connectivity index (χ1n) is 4.92. The minimum Gasteiger partial charge on any atom is -0.368 e. The van der Waals surface area contributed by atoms with E-state index in [1.54, 1.807) is 13.0 Å². The monoisotopic (exact) mass is 288 g/mol. The number of carbonyl (C=O) groups excluding carboxylic acids is 1. The van der Waals surface area contributed by atoms with Gasteiger partial charge >= 0.3 is 0 Å². The Balaban J connectivity index is 2.80. The van der Waals surface area contributed by atoms with Crippen molar-refractivity contribution in [2.24, 2.45) is 5.73 Å². The van der Waals surface area contributed by atoms with Crippen LogP contribution in [-0.4, -0.2) is 11.9 Å². The van der Waals surface area contributed by atoms with Gasteiger partial charge in [-0.2, -0.15) is 0 Å². The average Bonchev–Trinajstić information content (AvgIpc) is 2.16. The van der Waals surface area contributed by atoms with Gasteiger partial charge in [0.1, 0.15) is 5.82 Å². The van der Waals surface area contributed by atoms with Crippen LogP contribution in [0.15, 0.2) is 22.7 Å². The molecule has 1 aromatic rings. The molecule has 1 rings (SSSR count). The molecular weight excluding hydrogens is 275 g/mol. The Kier molecular flexibility index (Phi) is 4.44. The van der Waals surface area contributed by atoms with Crippen LogP contribution in [0.25, 0.3) is 0 Å². The summed E-state index contributed by atoms with van der Waals surface area (Å²) < 4.78 is 13.5. The summed E-state index contributed by atoms with van der Waals surface area (Å²) in [5, 5.41) is 3.03. The van der Waals surface area contributed by atoms with Crippen LogP contribution in [0.3, 0.4) is 0 Å². The highest BCUT2D eigenvalue weighted by molar-refractivity contribution is 9.10. The van der Waals surface area contributed by atoms with Crippen LogP contribution in [0.5, 0.6) is 0 Å². The molecular formula is C11H14BrFN2O. The van der Waals surface area contributed by atoms with E-state index in [2.05, 4.69) is 21.2 Å². The van der Waals surface area contributed by atoms with Gasteiger partial charge in [-0.25, -0.2) is 4.39 Å². The summed E-state index contributed by atoms with van der Waals surface area (Å²) in [5.41, 5.74) is 6.04. The normalized spacial score (nSPS) is 14.5. The molecule has 0 fully saturated rings. The fourth-order valence-corrected chi connectivity index (χ4v) is 2.09. The second-order valence-electron chi connectivity index (χ2n) is 3.68. The predicted molar refractivity (Wildman–Crippen MR) is 64.3 cm³/mol. The van der Waals surface area contributed by atoms with Gasteiger partial charge in [0.15, 0.2) is 0 Å². The van der Waals surface area contributed by atoms with Crippen LogP contribution in [0.2, 0.25) is 0 Å². The van der Waals surface area contributed by atoms with E-state index in [1.165, 1.54) is 12.1 Å². The maximum atomic E-state index is 12.9. The number of hydrogen-bond acceptors (Lipinski definition) is 2. The van der Waals surface area contributed by atoms with Crippen LogP contribution in [0.1, 0.15) is 25.5 Å². The molecule has 5 heteroatoms. The van der Waals surface area contributed by atoms with Gasteiger partial charge in [-0.1, -0.05) is 22.0 Å². The third-order valence-electron chi connectivity index (χ3n) is 2.36. The highest BCUT2D eigenvalue weighted by Crippen LogP contribution is 2.24. The Hall–Kier alpha value is -0.940. The van der Waals surface area contributed by atoms with Gasteiger partial charge in [-0.3, -0.25) is 10.1 Å². The maximum Gasteiger partial charge on any atom is 0.234 e. The first kappa shape index (κ1) is 13.1. The van der Waals surface area contributed by atoms with Crippen molar-refractivity contribution in [3.8, 4) is 0 Å². The van der Waals surface area contributed by atoms with Crippen molar-refractivity contribution in [1.82, 2.24) is 5.32 Å². The smallest absolute Gasteiger partial charge is 0.234 e. The lowest BCUT2D eigenvalue weighted by Crippen LogP contribution is -2.40. The van der Waals surface area contributed by atoms with Crippen molar-refractivity contribution >= 4 is 21.8 Å². The maximum absolute atomic E-state index is 12.9. The summed E-state index contributed by atoms with van der Waals surface area (Å²) in [5.74, 6) is -0.712. The van der Waals surface area contributed by atoms with Gasteiger partial charge in [-0.15, -0.1) is 0 Å². The van der Waals surface area contributed by atoms with Crippen molar-refractivity contribution in [2.75, 3.05) is 0 Å². The lowest BCUT2D eigenvalue weighted by Gasteiger charge is -2.19. The SMILES string of the molecule is CC(NC(C)c1ccc(F)cc1Br)C(N)=O. The van der Waals surface area contributed by atoms with Gasteiger partial charge in [0, 0.05) is 10.5 Å². The Bertz CT molecular complexity index is 398. The Labute approximate surface area is 102 Å². The van der Waals surface area contributed by atoms with Crippen molar-refractivity contribution < 1.29 is 9.18 Å². The summed E-state index contributed by atoms with van der Waals surface area (Å²) in [7, 11) is 0. The summed E-state index contributed by atoms with van der Waals surface area (Å²) in [6.07, 6.45) is 0. The predicted octanol–water partition coefficient (Wildman–Crippen LogP) is 2.11. The molecule has 3 nitrogen and oxygen atoms in total. The lowest BCUT2D eigenvalue weighted by atomic mass is 10.1. The largest absolute Gasteiger partial charge is 0.368 e. The molecule has 0 saturated carbocycles. The van der Waals surface area contributed by atoms with Gasteiger partial charge in [0.05, 0.1) is 6.04 Å². The van der Waals surface area contributed by atoms with Gasteiger partial charge in [-0.05, 0) is 31.5 Å². The third kappa shape index (κ3) is 3.28. The minimum atomic E-state index is -0.424. The van der Waals surface area contributed by atoms with Crippen molar-refractivity contribution in [1.29, 1.82) is 0 Å².